The lowest BCUT2D eigenvalue weighted by atomic mass is 10.1. The highest BCUT2D eigenvalue weighted by Gasteiger charge is 2.19. The lowest BCUT2D eigenvalue weighted by molar-refractivity contribution is 0.0255. The number of anilines is 1. The lowest BCUT2D eigenvalue weighted by Crippen LogP contribution is -2.48. The van der Waals surface area contributed by atoms with Crippen molar-refractivity contribution in [3.05, 3.63) is 24.3 Å². The summed E-state index contributed by atoms with van der Waals surface area (Å²) < 4.78 is 16.7. The number of rotatable bonds is 6. The molecule has 0 aliphatic carbocycles. The number of amides is 1. The van der Waals surface area contributed by atoms with E-state index < -0.39 is 5.60 Å². The SMILES string of the molecule is CC(C)(C)OC(=O)NCCN1CCN(c2ccc(OC3CCOCC3)cc2)CC1. The van der Waals surface area contributed by atoms with Crippen molar-refractivity contribution in [2.75, 3.05) is 57.4 Å². The normalized spacial score (nSPS) is 19.1. The van der Waals surface area contributed by atoms with Crippen molar-refractivity contribution >= 4 is 11.8 Å². The summed E-state index contributed by atoms with van der Waals surface area (Å²) in [7, 11) is 0. The van der Waals surface area contributed by atoms with Gasteiger partial charge < -0.3 is 24.4 Å². The molecule has 0 bridgehead atoms. The third-order valence-corrected chi connectivity index (χ3v) is 5.14. The Kier molecular flexibility index (Phi) is 7.61. The molecule has 1 N–H and O–H groups in total. The number of hydrogen-bond donors (Lipinski definition) is 1. The minimum atomic E-state index is -0.457. The monoisotopic (exact) mass is 405 g/mol. The Morgan fingerprint density at radius 2 is 1.76 bits per heavy atom. The molecule has 0 aromatic heterocycles. The molecule has 0 atom stereocenters. The van der Waals surface area contributed by atoms with E-state index in [2.05, 4.69) is 39.4 Å². The Hall–Kier alpha value is -1.99. The maximum atomic E-state index is 11.7. The van der Waals surface area contributed by atoms with Crippen LogP contribution in [0.2, 0.25) is 0 Å². The maximum Gasteiger partial charge on any atom is 0.407 e. The Bertz CT molecular complexity index is 630. The highest BCUT2D eigenvalue weighted by Crippen LogP contribution is 2.23. The van der Waals surface area contributed by atoms with Gasteiger partial charge in [-0.25, -0.2) is 4.79 Å². The van der Waals surface area contributed by atoms with Gasteiger partial charge in [-0.1, -0.05) is 0 Å². The molecule has 2 saturated heterocycles. The van der Waals surface area contributed by atoms with Crippen LogP contribution in [-0.4, -0.2) is 75.2 Å². The van der Waals surface area contributed by atoms with Gasteiger partial charge >= 0.3 is 6.09 Å². The largest absolute Gasteiger partial charge is 0.490 e. The molecule has 1 aromatic rings. The Labute approximate surface area is 174 Å². The van der Waals surface area contributed by atoms with Crippen molar-refractivity contribution in [2.24, 2.45) is 0 Å². The molecule has 29 heavy (non-hydrogen) atoms. The summed E-state index contributed by atoms with van der Waals surface area (Å²) in [6, 6.07) is 8.44. The molecule has 2 aliphatic rings. The van der Waals surface area contributed by atoms with E-state index in [-0.39, 0.29) is 12.2 Å². The van der Waals surface area contributed by atoms with E-state index in [4.69, 9.17) is 14.2 Å². The van der Waals surface area contributed by atoms with E-state index in [0.717, 1.165) is 64.5 Å². The van der Waals surface area contributed by atoms with Crippen LogP contribution < -0.4 is 15.0 Å². The second-order valence-corrected chi connectivity index (χ2v) is 8.68. The van der Waals surface area contributed by atoms with Gasteiger partial charge in [0.05, 0.1) is 13.2 Å². The summed E-state index contributed by atoms with van der Waals surface area (Å²) in [5.74, 6) is 0.938. The zero-order valence-corrected chi connectivity index (χ0v) is 18.0. The average Bonchev–Trinajstić information content (AvgIpc) is 2.69. The van der Waals surface area contributed by atoms with Crippen molar-refractivity contribution in [1.82, 2.24) is 10.2 Å². The molecule has 0 saturated carbocycles. The summed E-state index contributed by atoms with van der Waals surface area (Å²) in [5, 5.41) is 2.83. The minimum absolute atomic E-state index is 0.271. The molecular weight excluding hydrogens is 370 g/mol. The molecule has 2 fully saturated rings. The van der Waals surface area contributed by atoms with Crippen LogP contribution in [0.1, 0.15) is 33.6 Å². The number of nitrogens with zero attached hydrogens (tertiary/aromatic N) is 2. The van der Waals surface area contributed by atoms with E-state index >= 15 is 0 Å². The van der Waals surface area contributed by atoms with Crippen molar-refractivity contribution in [3.63, 3.8) is 0 Å². The summed E-state index contributed by atoms with van der Waals surface area (Å²) in [6.45, 7) is 12.6. The quantitative estimate of drug-likeness (QED) is 0.785. The van der Waals surface area contributed by atoms with Crippen molar-refractivity contribution in [1.29, 1.82) is 0 Å². The number of ether oxygens (including phenoxy) is 3. The van der Waals surface area contributed by atoms with Crippen LogP contribution in [0, 0.1) is 0 Å². The fraction of sp³-hybridized carbons (Fsp3) is 0.682. The highest BCUT2D eigenvalue weighted by molar-refractivity contribution is 5.67. The second-order valence-electron chi connectivity index (χ2n) is 8.68. The van der Waals surface area contributed by atoms with Crippen LogP contribution in [0.15, 0.2) is 24.3 Å². The number of carbonyl (C=O) groups excluding carboxylic acids is 1. The minimum Gasteiger partial charge on any atom is -0.490 e. The summed E-state index contributed by atoms with van der Waals surface area (Å²) in [6.07, 6.45) is 1.85. The zero-order chi connectivity index (χ0) is 20.7. The number of hydrogen-bond acceptors (Lipinski definition) is 6. The van der Waals surface area contributed by atoms with Crippen molar-refractivity contribution < 1.29 is 19.0 Å². The van der Waals surface area contributed by atoms with Gasteiger partial charge in [-0.2, -0.15) is 0 Å². The van der Waals surface area contributed by atoms with Crippen LogP contribution in [0.5, 0.6) is 5.75 Å². The van der Waals surface area contributed by atoms with Gasteiger partial charge in [0, 0.05) is 57.8 Å². The molecule has 1 aromatic carbocycles. The van der Waals surface area contributed by atoms with Gasteiger partial charge in [-0.3, -0.25) is 4.90 Å². The molecule has 0 radical (unpaired) electrons. The number of alkyl carbamates (subject to hydrolysis) is 1. The number of piperazine rings is 1. The van der Waals surface area contributed by atoms with E-state index in [9.17, 15) is 4.79 Å². The summed E-state index contributed by atoms with van der Waals surface area (Å²) >= 11 is 0. The maximum absolute atomic E-state index is 11.7. The standard InChI is InChI=1S/C22H35N3O4/c1-22(2,3)29-21(26)23-10-11-24-12-14-25(15-13-24)18-4-6-19(7-5-18)28-20-8-16-27-17-9-20/h4-7,20H,8-17H2,1-3H3,(H,23,26). The lowest BCUT2D eigenvalue weighted by Gasteiger charge is -2.36. The average molecular weight is 406 g/mol. The zero-order valence-electron chi connectivity index (χ0n) is 18.0. The van der Waals surface area contributed by atoms with Gasteiger partial charge in [0.15, 0.2) is 0 Å². The molecule has 0 unspecified atom stereocenters. The van der Waals surface area contributed by atoms with Crippen molar-refractivity contribution in [3.8, 4) is 5.75 Å². The Morgan fingerprint density at radius 3 is 2.38 bits per heavy atom. The van der Waals surface area contributed by atoms with Crippen LogP contribution in [0.4, 0.5) is 10.5 Å². The topological polar surface area (TPSA) is 63.3 Å². The fourth-order valence-electron chi connectivity index (χ4n) is 3.58. The molecule has 1 amide bonds. The molecule has 2 aliphatic heterocycles. The number of carbonyl (C=O) groups is 1. The number of benzene rings is 1. The van der Waals surface area contributed by atoms with Gasteiger partial charge in [-0.05, 0) is 45.0 Å². The van der Waals surface area contributed by atoms with Crippen LogP contribution in [0.25, 0.3) is 0 Å². The first kappa shape index (κ1) is 21.7. The summed E-state index contributed by atoms with van der Waals surface area (Å²) in [5.41, 5.74) is 0.775. The van der Waals surface area contributed by atoms with Gasteiger partial charge in [0.1, 0.15) is 17.5 Å². The van der Waals surface area contributed by atoms with Crippen LogP contribution in [-0.2, 0) is 9.47 Å². The Balaban J connectivity index is 1.36. The summed E-state index contributed by atoms with van der Waals surface area (Å²) in [4.78, 5) is 16.5. The third-order valence-electron chi connectivity index (χ3n) is 5.14. The second kappa shape index (κ2) is 10.2. The smallest absolute Gasteiger partial charge is 0.407 e. The van der Waals surface area contributed by atoms with E-state index in [1.807, 2.05) is 20.8 Å². The van der Waals surface area contributed by atoms with Crippen molar-refractivity contribution in [2.45, 2.75) is 45.3 Å². The van der Waals surface area contributed by atoms with Gasteiger partial charge in [-0.15, -0.1) is 0 Å². The Morgan fingerprint density at radius 1 is 1.10 bits per heavy atom. The van der Waals surface area contributed by atoms with E-state index in [0.29, 0.717) is 6.54 Å². The van der Waals surface area contributed by atoms with E-state index in [1.54, 1.807) is 0 Å². The fourth-order valence-corrected chi connectivity index (χ4v) is 3.58. The van der Waals surface area contributed by atoms with Crippen LogP contribution >= 0.6 is 0 Å². The number of nitrogens with one attached hydrogen (secondary N) is 1. The first-order valence-corrected chi connectivity index (χ1v) is 10.7. The van der Waals surface area contributed by atoms with Gasteiger partial charge in [0.2, 0.25) is 0 Å². The molecule has 162 valence electrons. The molecule has 0 spiro atoms. The first-order valence-electron chi connectivity index (χ1n) is 10.7. The molecule has 2 heterocycles. The predicted octanol–water partition coefficient (Wildman–Crippen LogP) is 2.89. The first-order chi connectivity index (χ1) is 13.9. The highest BCUT2D eigenvalue weighted by atomic mass is 16.6. The molecule has 7 heteroatoms. The third kappa shape index (κ3) is 7.40. The molecule has 3 rings (SSSR count). The molecule has 7 nitrogen and oxygen atoms in total. The van der Waals surface area contributed by atoms with E-state index in [1.165, 1.54) is 5.69 Å². The molecular formula is C22H35N3O4. The van der Waals surface area contributed by atoms with Gasteiger partial charge in [0.25, 0.3) is 0 Å². The van der Waals surface area contributed by atoms with Crippen LogP contribution in [0.3, 0.4) is 0 Å². The predicted molar refractivity (Wildman–Crippen MR) is 114 cm³/mol.